The summed E-state index contributed by atoms with van der Waals surface area (Å²) in [5.41, 5.74) is 7.83. The number of nitrogens with zero attached hydrogens (tertiary/aromatic N) is 3. The molecular formula is C3H6N3O4P. The molecule has 1 rings (SSSR count). The maximum absolute atomic E-state index is 11.0. The highest BCUT2D eigenvalue weighted by Gasteiger charge is 2.31. The van der Waals surface area contributed by atoms with Gasteiger partial charge < -0.3 is 0 Å². The second-order valence-electron chi connectivity index (χ2n) is 1.60. The monoisotopic (exact) mass is 179 g/mol. The van der Waals surface area contributed by atoms with E-state index in [9.17, 15) is 4.57 Å². The lowest BCUT2D eigenvalue weighted by atomic mass is 10.8. The fourth-order valence-electron chi connectivity index (χ4n) is 0.532. The number of rotatable bonds is 3. The first-order valence-corrected chi connectivity index (χ1v) is 4.27. The van der Waals surface area contributed by atoms with Gasteiger partial charge in [0.2, 0.25) is 0 Å². The normalized spacial score (nSPS) is 21.1. The molecular weight excluding hydrogens is 173 g/mol. The van der Waals surface area contributed by atoms with Crippen LogP contribution < -0.4 is 0 Å². The average molecular weight is 179 g/mol. The first-order chi connectivity index (χ1) is 5.27. The van der Waals surface area contributed by atoms with Gasteiger partial charge in [0.05, 0.1) is 13.2 Å². The maximum atomic E-state index is 11.0. The molecule has 0 aromatic carbocycles. The van der Waals surface area contributed by atoms with Gasteiger partial charge in [-0.2, -0.15) is 0 Å². The minimum absolute atomic E-state index is 0.244. The molecule has 1 fully saturated rings. The summed E-state index contributed by atoms with van der Waals surface area (Å²) >= 11 is 0. The van der Waals surface area contributed by atoms with Crippen LogP contribution >= 0.6 is 7.82 Å². The molecule has 0 spiro atoms. The van der Waals surface area contributed by atoms with E-state index in [1.807, 2.05) is 0 Å². The molecule has 62 valence electrons. The Morgan fingerprint density at radius 2 is 2.27 bits per heavy atom. The van der Waals surface area contributed by atoms with Gasteiger partial charge >= 0.3 is 7.82 Å². The van der Waals surface area contributed by atoms with Crippen LogP contribution in [0.15, 0.2) is 5.11 Å². The molecule has 1 heterocycles. The van der Waals surface area contributed by atoms with E-state index < -0.39 is 7.82 Å². The van der Waals surface area contributed by atoms with Crippen LogP contribution in [0.3, 0.4) is 0 Å². The highest BCUT2D eigenvalue weighted by atomic mass is 31.2. The minimum Gasteiger partial charge on any atom is -0.284 e. The van der Waals surface area contributed by atoms with E-state index in [0.29, 0.717) is 0 Å². The molecule has 0 aromatic rings. The molecule has 1 saturated heterocycles. The van der Waals surface area contributed by atoms with Crippen LogP contribution in [-0.4, -0.2) is 19.9 Å². The van der Waals surface area contributed by atoms with Crippen molar-refractivity contribution in [2.45, 2.75) is 0 Å². The SMILES string of the molecule is [N-]=[N+]=NCOP1(=O)OCCO1. The summed E-state index contributed by atoms with van der Waals surface area (Å²) in [6.07, 6.45) is 0. The van der Waals surface area contributed by atoms with Crippen molar-refractivity contribution in [1.29, 1.82) is 0 Å². The molecule has 11 heavy (non-hydrogen) atoms. The van der Waals surface area contributed by atoms with Gasteiger partial charge in [-0.05, 0) is 5.53 Å². The summed E-state index contributed by atoms with van der Waals surface area (Å²) in [4.78, 5) is 2.40. The van der Waals surface area contributed by atoms with E-state index in [2.05, 4.69) is 23.6 Å². The van der Waals surface area contributed by atoms with E-state index in [4.69, 9.17) is 5.53 Å². The van der Waals surface area contributed by atoms with Gasteiger partial charge in [0.25, 0.3) is 0 Å². The van der Waals surface area contributed by atoms with Gasteiger partial charge in [-0.1, -0.05) is 5.11 Å². The minimum atomic E-state index is -3.36. The molecule has 0 bridgehead atoms. The Labute approximate surface area is 62.5 Å². The zero-order valence-corrected chi connectivity index (χ0v) is 6.44. The summed E-state index contributed by atoms with van der Waals surface area (Å²) in [6.45, 7) is 0.148. The standard InChI is InChI=1S/C3H6N3O4P/c4-6-5-3-10-11(7)8-1-2-9-11/h1-3H2. The van der Waals surface area contributed by atoms with Gasteiger partial charge in [-0.15, -0.1) is 0 Å². The number of hydrogen-bond donors (Lipinski definition) is 0. The van der Waals surface area contributed by atoms with Gasteiger partial charge in [0.1, 0.15) is 6.73 Å². The Hall–Kier alpha value is -0.580. The number of hydrogen-bond acceptors (Lipinski definition) is 5. The van der Waals surface area contributed by atoms with Crippen molar-refractivity contribution in [3.05, 3.63) is 10.4 Å². The lowest BCUT2D eigenvalue weighted by Crippen LogP contribution is -1.88. The van der Waals surface area contributed by atoms with Crippen molar-refractivity contribution in [2.24, 2.45) is 5.11 Å². The van der Waals surface area contributed by atoms with Gasteiger partial charge in [0, 0.05) is 4.91 Å². The highest BCUT2D eigenvalue weighted by Crippen LogP contribution is 2.52. The highest BCUT2D eigenvalue weighted by molar-refractivity contribution is 7.48. The second-order valence-corrected chi connectivity index (χ2v) is 3.27. The summed E-state index contributed by atoms with van der Waals surface area (Å²) in [5.74, 6) is 0. The van der Waals surface area contributed by atoms with Crippen LogP contribution in [0.2, 0.25) is 0 Å². The Morgan fingerprint density at radius 3 is 2.82 bits per heavy atom. The predicted molar refractivity (Wildman–Crippen MR) is 34.6 cm³/mol. The third kappa shape index (κ3) is 2.49. The Bertz CT molecular complexity index is 215. The summed E-state index contributed by atoms with van der Waals surface area (Å²) < 4.78 is 24.8. The van der Waals surface area contributed by atoms with Crippen molar-refractivity contribution < 1.29 is 18.1 Å². The van der Waals surface area contributed by atoms with Crippen molar-refractivity contribution in [3.8, 4) is 0 Å². The third-order valence-corrected chi connectivity index (χ3v) is 2.35. The summed E-state index contributed by atoms with van der Waals surface area (Å²) in [5, 5.41) is 3.01. The molecule has 0 saturated carbocycles. The van der Waals surface area contributed by atoms with E-state index >= 15 is 0 Å². The molecule has 0 aromatic heterocycles. The van der Waals surface area contributed by atoms with Crippen molar-refractivity contribution >= 4 is 7.82 Å². The molecule has 0 radical (unpaired) electrons. The van der Waals surface area contributed by atoms with Gasteiger partial charge in [-0.25, -0.2) is 4.57 Å². The number of phosphoric acid groups is 1. The largest absolute Gasteiger partial charge is 0.475 e. The average Bonchev–Trinajstić information content (AvgIpc) is 2.38. The fraction of sp³-hybridized carbons (Fsp3) is 1.00. The predicted octanol–water partition coefficient (Wildman–Crippen LogP) is 1.43. The molecule has 0 atom stereocenters. The van der Waals surface area contributed by atoms with Crippen molar-refractivity contribution in [1.82, 2.24) is 0 Å². The Balaban J connectivity index is 2.34. The molecule has 8 heteroatoms. The topological polar surface area (TPSA) is 93.5 Å². The fourth-order valence-corrected chi connectivity index (χ4v) is 1.55. The Morgan fingerprint density at radius 1 is 1.64 bits per heavy atom. The molecule has 0 unspecified atom stereocenters. The second kappa shape index (κ2) is 3.71. The van der Waals surface area contributed by atoms with Crippen molar-refractivity contribution in [2.75, 3.05) is 19.9 Å². The molecule has 7 nitrogen and oxygen atoms in total. The molecule has 1 aliphatic rings. The smallest absolute Gasteiger partial charge is 0.284 e. The van der Waals surface area contributed by atoms with Crippen molar-refractivity contribution in [3.63, 3.8) is 0 Å². The number of azide groups is 1. The van der Waals surface area contributed by atoms with E-state index in [0.717, 1.165) is 0 Å². The maximum Gasteiger partial charge on any atom is 0.475 e. The zero-order chi connectivity index (χ0) is 8.16. The van der Waals surface area contributed by atoms with Gasteiger partial charge in [0.15, 0.2) is 0 Å². The zero-order valence-electron chi connectivity index (χ0n) is 5.54. The molecule has 0 aliphatic carbocycles. The van der Waals surface area contributed by atoms with Crippen LogP contribution in [0.5, 0.6) is 0 Å². The van der Waals surface area contributed by atoms with E-state index in [-0.39, 0.29) is 19.9 Å². The lowest BCUT2D eigenvalue weighted by molar-refractivity contribution is 0.195. The lowest BCUT2D eigenvalue weighted by Gasteiger charge is -2.05. The Kier molecular flexibility index (Phi) is 2.87. The molecule has 0 N–H and O–H groups in total. The molecule has 0 amide bonds. The van der Waals surface area contributed by atoms with Crippen LogP contribution in [-0.2, 0) is 18.1 Å². The van der Waals surface area contributed by atoms with Crippen LogP contribution in [0.1, 0.15) is 0 Å². The van der Waals surface area contributed by atoms with Crippen LogP contribution in [0, 0.1) is 0 Å². The van der Waals surface area contributed by atoms with E-state index in [1.165, 1.54) is 0 Å². The summed E-state index contributed by atoms with van der Waals surface area (Å²) in [7, 11) is -3.36. The molecule has 1 aliphatic heterocycles. The quantitative estimate of drug-likeness (QED) is 0.283. The number of phosphoric ester groups is 1. The first-order valence-electron chi connectivity index (χ1n) is 2.81. The van der Waals surface area contributed by atoms with Crippen LogP contribution in [0.4, 0.5) is 0 Å². The first kappa shape index (κ1) is 8.52. The third-order valence-electron chi connectivity index (χ3n) is 0.919. The van der Waals surface area contributed by atoms with Gasteiger partial charge in [-0.3, -0.25) is 13.6 Å². The summed E-state index contributed by atoms with van der Waals surface area (Å²) in [6, 6.07) is 0. The van der Waals surface area contributed by atoms with E-state index in [1.54, 1.807) is 0 Å². The van der Waals surface area contributed by atoms with Crippen LogP contribution in [0.25, 0.3) is 10.4 Å².